The van der Waals surface area contributed by atoms with E-state index in [9.17, 15) is 5.11 Å². The van der Waals surface area contributed by atoms with Crippen LogP contribution in [0.5, 0.6) is 23.0 Å². The van der Waals surface area contributed by atoms with Gasteiger partial charge in [-0.15, -0.1) is 11.3 Å². The maximum absolute atomic E-state index is 10.8. The lowest BCUT2D eigenvalue weighted by Gasteiger charge is -2.22. The number of hydrogen-bond acceptors (Lipinski definition) is 7. The number of rotatable bonds is 5. The van der Waals surface area contributed by atoms with E-state index in [0.717, 1.165) is 55.5 Å². The lowest BCUT2D eigenvalue weighted by atomic mass is 10.1. The fourth-order valence-corrected chi connectivity index (χ4v) is 5.36. The maximum atomic E-state index is 10.8. The molecule has 0 fully saturated rings. The first-order valence-electron chi connectivity index (χ1n) is 10.8. The number of aromatic nitrogens is 1. The minimum Gasteiger partial charge on any atom is -0.504 e. The Labute approximate surface area is 197 Å². The van der Waals surface area contributed by atoms with Gasteiger partial charge >= 0.3 is 0 Å². The fraction of sp³-hybridized carbons (Fsp3) is 0.269. The van der Waals surface area contributed by atoms with E-state index in [0.29, 0.717) is 25.4 Å². The summed E-state index contributed by atoms with van der Waals surface area (Å²) in [5, 5.41) is 11.6. The third kappa shape index (κ3) is 4.10. The van der Waals surface area contributed by atoms with E-state index >= 15 is 0 Å². The van der Waals surface area contributed by atoms with Crippen molar-refractivity contribution in [3.05, 3.63) is 65.2 Å². The summed E-state index contributed by atoms with van der Waals surface area (Å²) in [5.74, 6) is 2.36. The molecule has 0 radical (unpaired) electrons. The van der Waals surface area contributed by atoms with Gasteiger partial charge in [0, 0.05) is 41.9 Å². The third-order valence-corrected chi connectivity index (χ3v) is 7.08. The Kier molecular flexibility index (Phi) is 5.83. The third-order valence-electron chi connectivity index (χ3n) is 5.99. The standard InChI is InChI=1S/C26H26N2O4S/c1-16-22(30-2)9-8-17(24(16)31-3)14-28-10-11-32-25-19(15-28)12-18(13-21(25)29)26-27-20-6-4-5-7-23(20)33-26/h4-9,12-13,29H,10-11,14-15H2,1-3H3. The predicted octanol–water partition coefficient (Wildman–Crippen LogP) is 5.39. The molecule has 1 aliphatic rings. The van der Waals surface area contributed by atoms with Gasteiger partial charge in [0.25, 0.3) is 0 Å². The van der Waals surface area contributed by atoms with Crippen molar-refractivity contribution < 1.29 is 19.3 Å². The van der Waals surface area contributed by atoms with Crippen LogP contribution < -0.4 is 14.2 Å². The molecule has 2 heterocycles. The van der Waals surface area contributed by atoms with Gasteiger partial charge in [0.1, 0.15) is 23.1 Å². The zero-order valence-electron chi connectivity index (χ0n) is 18.9. The summed E-state index contributed by atoms with van der Waals surface area (Å²) in [6.45, 7) is 4.58. The molecule has 170 valence electrons. The Morgan fingerprint density at radius 3 is 2.76 bits per heavy atom. The van der Waals surface area contributed by atoms with E-state index in [-0.39, 0.29) is 5.75 Å². The molecule has 1 aliphatic heterocycles. The second kappa shape index (κ2) is 8.92. The SMILES string of the molecule is COc1ccc(CN2CCOc3c(O)cc(-c4nc5ccccc5s4)cc3C2)c(OC)c1C. The van der Waals surface area contributed by atoms with Gasteiger partial charge in [-0.3, -0.25) is 4.90 Å². The largest absolute Gasteiger partial charge is 0.504 e. The number of para-hydroxylation sites is 1. The smallest absolute Gasteiger partial charge is 0.165 e. The fourth-order valence-electron chi connectivity index (χ4n) is 4.41. The monoisotopic (exact) mass is 462 g/mol. The van der Waals surface area contributed by atoms with E-state index in [1.54, 1.807) is 31.6 Å². The Hall–Kier alpha value is -3.29. The molecule has 0 bridgehead atoms. The van der Waals surface area contributed by atoms with Gasteiger partial charge in [-0.2, -0.15) is 0 Å². The molecule has 1 N–H and O–H groups in total. The van der Waals surface area contributed by atoms with Crippen molar-refractivity contribution in [3.8, 4) is 33.6 Å². The zero-order valence-corrected chi connectivity index (χ0v) is 19.7. The van der Waals surface area contributed by atoms with E-state index in [4.69, 9.17) is 19.2 Å². The van der Waals surface area contributed by atoms with Crippen molar-refractivity contribution in [2.75, 3.05) is 27.4 Å². The molecule has 0 unspecified atom stereocenters. The summed E-state index contributed by atoms with van der Waals surface area (Å²) >= 11 is 1.62. The van der Waals surface area contributed by atoms with Crippen LogP contribution in [0.1, 0.15) is 16.7 Å². The van der Waals surface area contributed by atoms with Gasteiger partial charge < -0.3 is 19.3 Å². The molecule has 4 aromatic rings. The number of aromatic hydroxyl groups is 1. The number of benzene rings is 3. The van der Waals surface area contributed by atoms with Crippen LogP contribution >= 0.6 is 11.3 Å². The molecule has 0 saturated heterocycles. The number of ether oxygens (including phenoxy) is 3. The molecule has 1 aromatic heterocycles. The highest BCUT2D eigenvalue weighted by molar-refractivity contribution is 7.21. The van der Waals surface area contributed by atoms with Crippen LogP contribution in [0.2, 0.25) is 0 Å². The molecule has 0 amide bonds. The number of fused-ring (bicyclic) bond motifs is 2. The number of hydrogen-bond donors (Lipinski definition) is 1. The summed E-state index contributed by atoms with van der Waals surface area (Å²) in [6, 6.07) is 15.9. The van der Waals surface area contributed by atoms with E-state index in [2.05, 4.69) is 17.0 Å². The summed E-state index contributed by atoms with van der Waals surface area (Å²) in [5.41, 5.74) is 4.89. The highest BCUT2D eigenvalue weighted by Gasteiger charge is 2.22. The molecule has 3 aromatic carbocycles. The summed E-state index contributed by atoms with van der Waals surface area (Å²) in [6.07, 6.45) is 0. The lowest BCUT2D eigenvalue weighted by molar-refractivity contribution is 0.215. The van der Waals surface area contributed by atoms with Gasteiger partial charge in [0.2, 0.25) is 0 Å². The van der Waals surface area contributed by atoms with E-state index in [1.807, 2.05) is 37.3 Å². The number of phenols is 1. The minimum atomic E-state index is 0.154. The number of methoxy groups -OCH3 is 2. The zero-order chi connectivity index (χ0) is 22.9. The Morgan fingerprint density at radius 2 is 1.97 bits per heavy atom. The first-order chi connectivity index (χ1) is 16.1. The predicted molar refractivity (Wildman–Crippen MR) is 131 cm³/mol. The van der Waals surface area contributed by atoms with Crippen LogP contribution in [-0.2, 0) is 13.1 Å². The molecule has 5 rings (SSSR count). The Bertz CT molecular complexity index is 1280. The average molecular weight is 463 g/mol. The van der Waals surface area contributed by atoms with E-state index in [1.165, 1.54) is 0 Å². The molecule has 0 atom stereocenters. The Morgan fingerprint density at radius 1 is 1.12 bits per heavy atom. The first kappa shape index (κ1) is 21.6. The van der Waals surface area contributed by atoms with Gasteiger partial charge in [-0.1, -0.05) is 18.2 Å². The minimum absolute atomic E-state index is 0.154. The first-order valence-corrected chi connectivity index (χ1v) is 11.7. The van der Waals surface area contributed by atoms with Gasteiger partial charge in [0.15, 0.2) is 11.5 Å². The second-order valence-electron chi connectivity index (χ2n) is 8.11. The molecule has 0 aliphatic carbocycles. The quantitative estimate of drug-likeness (QED) is 0.429. The van der Waals surface area contributed by atoms with Crippen LogP contribution in [0.25, 0.3) is 20.8 Å². The molecule has 6 nitrogen and oxygen atoms in total. The van der Waals surface area contributed by atoms with Gasteiger partial charge in [-0.05, 0) is 37.3 Å². The number of phenolic OH excluding ortho intramolecular Hbond substituents is 1. The van der Waals surface area contributed by atoms with Crippen LogP contribution in [-0.4, -0.2) is 42.4 Å². The lowest BCUT2D eigenvalue weighted by Crippen LogP contribution is -2.25. The van der Waals surface area contributed by atoms with Crippen LogP contribution in [0.15, 0.2) is 48.5 Å². The van der Waals surface area contributed by atoms with Crippen molar-refractivity contribution in [3.63, 3.8) is 0 Å². The van der Waals surface area contributed by atoms with Gasteiger partial charge in [0.05, 0.1) is 24.4 Å². The highest BCUT2D eigenvalue weighted by atomic mass is 32.1. The summed E-state index contributed by atoms with van der Waals surface area (Å²) < 4.78 is 18.2. The number of thiazole rings is 1. The van der Waals surface area contributed by atoms with Crippen molar-refractivity contribution >= 4 is 21.6 Å². The number of nitrogens with zero attached hydrogens (tertiary/aromatic N) is 2. The van der Waals surface area contributed by atoms with Crippen molar-refractivity contribution in [2.24, 2.45) is 0 Å². The molecule has 33 heavy (non-hydrogen) atoms. The van der Waals surface area contributed by atoms with Crippen molar-refractivity contribution in [1.29, 1.82) is 0 Å². The molecular weight excluding hydrogens is 436 g/mol. The van der Waals surface area contributed by atoms with Crippen LogP contribution in [0.4, 0.5) is 0 Å². The van der Waals surface area contributed by atoms with Crippen molar-refractivity contribution in [2.45, 2.75) is 20.0 Å². The summed E-state index contributed by atoms with van der Waals surface area (Å²) in [7, 11) is 3.36. The van der Waals surface area contributed by atoms with E-state index < -0.39 is 0 Å². The molecule has 0 saturated carbocycles. The maximum Gasteiger partial charge on any atom is 0.165 e. The molecule has 0 spiro atoms. The highest BCUT2D eigenvalue weighted by Crippen LogP contribution is 2.40. The average Bonchev–Trinajstić information content (AvgIpc) is 3.14. The second-order valence-corrected chi connectivity index (χ2v) is 9.15. The molecule has 7 heteroatoms. The Balaban J connectivity index is 1.46. The normalized spacial score (nSPS) is 13.9. The van der Waals surface area contributed by atoms with Gasteiger partial charge in [-0.25, -0.2) is 4.98 Å². The molecular formula is C26H26N2O4S. The topological polar surface area (TPSA) is 64.1 Å². The van der Waals surface area contributed by atoms with Crippen LogP contribution in [0.3, 0.4) is 0 Å². The summed E-state index contributed by atoms with van der Waals surface area (Å²) in [4.78, 5) is 7.06. The van der Waals surface area contributed by atoms with Crippen molar-refractivity contribution in [1.82, 2.24) is 9.88 Å². The van der Waals surface area contributed by atoms with Crippen LogP contribution in [0, 0.1) is 6.92 Å².